The Kier molecular flexibility index (Phi) is 7.48. The Morgan fingerprint density at radius 2 is 1.94 bits per heavy atom. The molecule has 0 aliphatic carbocycles. The quantitative estimate of drug-likeness (QED) is 0.665. The third-order valence-corrected chi connectivity index (χ3v) is 3.37. The Balaban J connectivity index is 4.52. The SMILES string of the molecule is CCCNC(C)(CN(C)C(C)CC(C)C)C(=O)O. The Labute approximate surface area is 112 Å². The molecule has 0 aliphatic heterocycles. The molecule has 2 atom stereocenters. The second kappa shape index (κ2) is 7.74. The van der Waals surface area contributed by atoms with Crippen LogP contribution in [0.25, 0.3) is 0 Å². The molecule has 0 rings (SSSR count). The van der Waals surface area contributed by atoms with Crippen LogP contribution in [0.3, 0.4) is 0 Å². The van der Waals surface area contributed by atoms with Crippen molar-refractivity contribution in [2.45, 2.75) is 59.0 Å². The van der Waals surface area contributed by atoms with E-state index in [4.69, 9.17) is 0 Å². The van der Waals surface area contributed by atoms with E-state index in [1.807, 2.05) is 14.0 Å². The van der Waals surface area contributed by atoms with E-state index in [9.17, 15) is 9.90 Å². The first-order valence-electron chi connectivity index (χ1n) is 6.91. The molecule has 0 aromatic rings. The Morgan fingerprint density at radius 3 is 2.33 bits per heavy atom. The fraction of sp³-hybridized carbons (Fsp3) is 0.929. The second-order valence-electron chi connectivity index (χ2n) is 5.96. The van der Waals surface area contributed by atoms with E-state index in [-0.39, 0.29) is 0 Å². The fourth-order valence-corrected chi connectivity index (χ4v) is 2.12. The van der Waals surface area contributed by atoms with Crippen LogP contribution in [0.4, 0.5) is 0 Å². The van der Waals surface area contributed by atoms with Crippen molar-refractivity contribution in [2.24, 2.45) is 5.92 Å². The molecule has 2 N–H and O–H groups in total. The van der Waals surface area contributed by atoms with E-state index in [0.717, 1.165) is 19.4 Å². The first-order valence-corrected chi connectivity index (χ1v) is 6.91. The number of carboxylic acids is 1. The average molecular weight is 258 g/mol. The number of rotatable bonds is 9. The van der Waals surface area contributed by atoms with Gasteiger partial charge in [0.25, 0.3) is 0 Å². The molecule has 0 spiro atoms. The monoisotopic (exact) mass is 258 g/mol. The molecule has 0 aromatic carbocycles. The van der Waals surface area contributed by atoms with Crippen LogP contribution in [0.15, 0.2) is 0 Å². The van der Waals surface area contributed by atoms with Gasteiger partial charge in [0.1, 0.15) is 5.54 Å². The largest absolute Gasteiger partial charge is 0.480 e. The van der Waals surface area contributed by atoms with Crippen molar-refractivity contribution in [1.82, 2.24) is 10.2 Å². The van der Waals surface area contributed by atoms with Crippen LogP contribution in [-0.4, -0.2) is 47.7 Å². The summed E-state index contributed by atoms with van der Waals surface area (Å²) in [6, 6.07) is 0.395. The van der Waals surface area contributed by atoms with Crippen molar-refractivity contribution < 1.29 is 9.90 Å². The molecule has 4 heteroatoms. The summed E-state index contributed by atoms with van der Waals surface area (Å²) in [7, 11) is 2.00. The third kappa shape index (κ3) is 5.83. The smallest absolute Gasteiger partial charge is 0.324 e. The van der Waals surface area contributed by atoms with Crippen molar-refractivity contribution in [3.05, 3.63) is 0 Å². The lowest BCUT2D eigenvalue weighted by atomic mass is 9.98. The molecule has 2 unspecified atom stereocenters. The number of carbonyl (C=O) groups is 1. The Bertz CT molecular complexity index is 256. The molecule has 4 nitrogen and oxygen atoms in total. The van der Waals surface area contributed by atoms with Gasteiger partial charge in [-0.2, -0.15) is 0 Å². The van der Waals surface area contributed by atoms with Crippen molar-refractivity contribution in [3.8, 4) is 0 Å². The molecule has 108 valence electrons. The van der Waals surface area contributed by atoms with Crippen molar-refractivity contribution in [2.75, 3.05) is 20.1 Å². The maximum atomic E-state index is 11.4. The van der Waals surface area contributed by atoms with E-state index >= 15 is 0 Å². The number of hydrogen-bond acceptors (Lipinski definition) is 3. The maximum absolute atomic E-state index is 11.4. The second-order valence-corrected chi connectivity index (χ2v) is 5.96. The van der Waals surface area contributed by atoms with Gasteiger partial charge in [0, 0.05) is 12.6 Å². The molecule has 0 amide bonds. The molecule has 18 heavy (non-hydrogen) atoms. The van der Waals surface area contributed by atoms with Crippen LogP contribution in [0.1, 0.15) is 47.5 Å². The summed E-state index contributed by atoms with van der Waals surface area (Å²) in [5.74, 6) is -0.151. The van der Waals surface area contributed by atoms with Gasteiger partial charge in [0.2, 0.25) is 0 Å². The number of aliphatic carboxylic acids is 1. The lowest BCUT2D eigenvalue weighted by molar-refractivity contribution is -0.145. The van der Waals surface area contributed by atoms with Crippen LogP contribution in [0.2, 0.25) is 0 Å². The van der Waals surface area contributed by atoms with Crippen molar-refractivity contribution >= 4 is 5.97 Å². The molecular weight excluding hydrogens is 228 g/mol. The van der Waals surface area contributed by atoms with Crippen LogP contribution < -0.4 is 5.32 Å². The van der Waals surface area contributed by atoms with Gasteiger partial charge in [-0.25, -0.2) is 0 Å². The van der Waals surface area contributed by atoms with Crippen LogP contribution in [0.5, 0.6) is 0 Å². The molecular formula is C14H30N2O2. The van der Waals surface area contributed by atoms with Gasteiger partial charge in [-0.3, -0.25) is 4.79 Å². The average Bonchev–Trinajstić information content (AvgIpc) is 2.25. The number of hydrogen-bond donors (Lipinski definition) is 2. The molecule has 0 bridgehead atoms. The van der Waals surface area contributed by atoms with Crippen LogP contribution in [0, 0.1) is 5.92 Å². The number of likely N-dealkylation sites (N-methyl/N-ethyl adjacent to an activating group) is 1. The summed E-state index contributed by atoms with van der Waals surface area (Å²) < 4.78 is 0. The van der Waals surface area contributed by atoms with E-state index in [1.165, 1.54) is 0 Å². The standard InChI is InChI=1S/C14H30N2O2/c1-7-8-15-14(5,13(17)18)10-16(6)12(4)9-11(2)3/h11-12,15H,7-10H2,1-6H3,(H,17,18). The van der Waals surface area contributed by atoms with E-state index in [2.05, 4.69) is 31.0 Å². The highest BCUT2D eigenvalue weighted by atomic mass is 16.4. The molecule has 0 saturated carbocycles. The first kappa shape index (κ1) is 17.4. The Hall–Kier alpha value is -0.610. The summed E-state index contributed by atoms with van der Waals surface area (Å²) in [5, 5.41) is 12.5. The normalized spacial score (nSPS) is 16.9. The van der Waals surface area contributed by atoms with Gasteiger partial charge in [0.15, 0.2) is 0 Å². The maximum Gasteiger partial charge on any atom is 0.324 e. The molecule has 0 heterocycles. The zero-order valence-electron chi connectivity index (χ0n) is 12.8. The summed E-state index contributed by atoms with van der Waals surface area (Å²) in [5.41, 5.74) is -0.865. The minimum Gasteiger partial charge on any atom is -0.480 e. The minimum atomic E-state index is -0.865. The molecule has 0 radical (unpaired) electrons. The number of nitrogens with zero attached hydrogens (tertiary/aromatic N) is 1. The summed E-state index contributed by atoms with van der Waals surface area (Å²) >= 11 is 0. The van der Waals surface area contributed by atoms with Crippen LogP contribution in [-0.2, 0) is 4.79 Å². The van der Waals surface area contributed by atoms with E-state index in [1.54, 1.807) is 6.92 Å². The number of nitrogens with one attached hydrogen (secondary N) is 1. The molecule has 0 saturated heterocycles. The Morgan fingerprint density at radius 1 is 1.39 bits per heavy atom. The minimum absolute atomic E-state index is 0.395. The van der Waals surface area contributed by atoms with Gasteiger partial charge in [-0.15, -0.1) is 0 Å². The highest BCUT2D eigenvalue weighted by molar-refractivity contribution is 5.78. The van der Waals surface area contributed by atoms with Crippen molar-refractivity contribution in [1.29, 1.82) is 0 Å². The van der Waals surface area contributed by atoms with Crippen molar-refractivity contribution in [3.63, 3.8) is 0 Å². The highest BCUT2D eigenvalue weighted by Crippen LogP contribution is 2.14. The van der Waals surface area contributed by atoms with E-state index in [0.29, 0.717) is 18.5 Å². The zero-order chi connectivity index (χ0) is 14.3. The predicted octanol–water partition coefficient (Wildman–Crippen LogP) is 2.20. The van der Waals surface area contributed by atoms with Gasteiger partial charge >= 0.3 is 5.97 Å². The number of carboxylic acid groups (broad SMARTS) is 1. The summed E-state index contributed by atoms with van der Waals surface area (Å²) in [6.07, 6.45) is 2.02. The van der Waals surface area contributed by atoms with Crippen LogP contribution >= 0.6 is 0 Å². The zero-order valence-corrected chi connectivity index (χ0v) is 12.8. The van der Waals surface area contributed by atoms with Gasteiger partial charge in [0.05, 0.1) is 0 Å². The molecule has 0 aliphatic rings. The van der Waals surface area contributed by atoms with E-state index < -0.39 is 11.5 Å². The predicted molar refractivity (Wildman–Crippen MR) is 75.9 cm³/mol. The fourth-order valence-electron chi connectivity index (χ4n) is 2.12. The lowest BCUT2D eigenvalue weighted by Crippen LogP contribution is -2.57. The van der Waals surface area contributed by atoms with Gasteiger partial charge < -0.3 is 15.3 Å². The first-order chi connectivity index (χ1) is 8.23. The molecule has 0 aromatic heterocycles. The topological polar surface area (TPSA) is 52.6 Å². The third-order valence-electron chi connectivity index (χ3n) is 3.37. The van der Waals surface area contributed by atoms with Gasteiger partial charge in [-0.05, 0) is 46.2 Å². The lowest BCUT2D eigenvalue weighted by Gasteiger charge is -2.34. The van der Waals surface area contributed by atoms with Gasteiger partial charge in [-0.1, -0.05) is 20.8 Å². The summed E-state index contributed by atoms with van der Waals surface area (Å²) in [6.45, 7) is 11.6. The summed E-state index contributed by atoms with van der Waals surface area (Å²) in [4.78, 5) is 13.6. The highest BCUT2D eigenvalue weighted by Gasteiger charge is 2.34. The molecule has 0 fully saturated rings.